The molecular weight excluding hydrogens is 717 g/mol. The molecule has 284 valence electrons. The van der Waals surface area contributed by atoms with E-state index in [2.05, 4.69) is 55.5 Å². The van der Waals surface area contributed by atoms with E-state index in [1.165, 1.54) is 0 Å². The van der Waals surface area contributed by atoms with Crippen molar-refractivity contribution in [3.05, 3.63) is 132 Å². The fourth-order valence-electron chi connectivity index (χ4n) is 5.17. The molecule has 0 saturated heterocycles. The number of ether oxygens (including phenoxy) is 2. The number of amides is 2. The Morgan fingerprint density at radius 3 is 1.86 bits per heavy atom. The number of rotatable bonds is 9. The summed E-state index contributed by atoms with van der Waals surface area (Å²) in [5, 5.41) is 14.4. The molecule has 6 aromatic heterocycles. The van der Waals surface area contributed by atoms with Gasteiger partial charge >= 0.3 is 6.03 Å². The number of carbonyl (C=O) groups excluding carboxylic acids is 1. The van der Waals surface area contributed by atoms with Crippen LogP contribution < -0.4 is 25.8 Å². The molecule has 56 heavy (non-hydrogen) atoms. The third-order valence-corrected chi connectivity index (χ3v) is 7.73. The minimum Gasteiger partial charge on any atom is -0.454 e. The molecule has 0 fully saturated rings. The molecule has 0 atom stereocenters. The van der Waals surface area contributed by atoms with Crippen molar-refractivity contribution < 1.29 is 14.3 Å². The molecule has 2 amide bonds. The first-order valence-electron chi connectivity index (χ1n) is 17.3. The standard InChI is InChI=1S/C19H20N6O3.C9H11N5.C9H7N5/c1-13-8-15(24-18(23-13)25-7-6-20-11-25)10-22-19(26)21-5-4-14-2-3-16-17(9-14)28-12-27-16;2*1-7-4-8(5-10)13-9(12-7)14-3-2-11-6-14/h2-3,6-9,11H,4-5,10,12H2,1H3,(H2,21,22,26);2-4,6H,5,10H2,1H3;2-4,6H,1H3. The summed E-state index contributed by atoms with van der Waals surface area (Å²) in [7, 11) is 0. The lowest BCUT2D eigenvalue weighted by Crippen LogP contribution is -2.36. The van der Waals surface area contributed by atoms with Gasteiger partial charge in [-0.25, -0.2) is 49.7 Å². The summed E-state index contributed by atoms with van der Waals surface area (Å²) < 4.78 is 15.8. The topological polar surface area (TPSA) is 240 Å². The molecule has 0 saturated carbocycles. The fraction of sp³-hybridized carbons (Fsp3) is 0.216. The molecule has 1 aliphatic heterocycles. The molecule has 1 aliphatic rings. The Morgan fingerprint density at radius 1 is 0.732 bits per heavy atom. The maximum atomic E-state index is 12.1. The van der Waals surface area contributed by atoms with Gasteiger partial charge in [-0.3, -0.25) is 13.7 Å². The monoisotopic (exact) mass is 754 g/mol. The van der Waals surface area contributed by atoms with Crippen molar-refractivity contribution in [2.24, 2.45) is 5.73 Å². The highest BCUT2D eigenvalue weighted by atomic mass is 16.7. The predicted molar refractivity (Wildman–Crippen MR) is 201 cm³/mol. The summed E-state index contributed by atoms with van der Waals surface area (Å²) in [5.41, 5.74) is 11.0. The highest BCUT2D eigenvalue weighted by Gasteiger charge is 2.13. The van der Waals surface area contributed by atoms with E-state index in [1.807, 2.05) is 57.2 Å². The van der Waals surface area contributed by atoms with E-state index in [0.717, 1.165) is 45.5 Å². The van der Waals surface area contributed by atoms with Crippen molar-refractivity contribution in [1.29, 1.82) is 5.26 Å². The Bertz CT molecular complexity index is 2390. The van der Waals surface area contributed by atoms with E-state index in [1.54, 1.807) is 75.9 Å². The van der Waals surface area contributed by atoms with Gasteiger partial charge in [0, 0.05) is 67.4 Å². The average Bonchev–Trinajstić information content (AvgIpc) is 4.05. The van der Waals surface area contributed by atoms with Crippen molar-refractivity contribution in [1.82, 2.24) is 69.2 Å². The largest absolute Gasteiger partial charge is 0.454 e. The van der Waals surface area contributed by atoms with Crippen LogP contribution in [0, 0.1) is 32.1 Å². The van der Waals surface area contributed by atoms with E-state index < -0.39 is 0 Å². The SMILES string of the molecule is Cc1cc(C#N)nc(-n2ccnc2)n1.Cc1cc(CN)nc(-n2ccnc2)n1.Cc1cc(CNC(=O)NCCc2ccc3c(c2)OCO3)nc(-n2ccnc2)n1. The minimum absolute atomic E-state index is 0.249. The van der Waals surface area contributed by atoms with Crippen LogP contribution in [0.25, 0.3) is 17.8 Å². The van der Waals surface area contributed by atoms with Crippen LogP contribution in [0.2, 0.25) is 0 Å². The Morgan fingerprint density at radius 2 is 1.29 bits per heavy atom. The fourth-order valence-corrected chi connectivity index (χ4v) is 5.17. The number of carbonyl (C=O) groups is 1. The second kappa shape index (κ2) is 18.4. The molecule has 8 rings (SSSR count). The zero-order valence-electron chi connectivity index (χ0n) is 30.8. The van der Waals surface area contributed by atoms with Crippen molar-refractivity contribution in [2.45, 2.75) is 40.3 Å². The second-order valence-electron chi connectivity index (χ2n) is 12.1. The van der Waals surface area contributed by atoms with Crippen LogP contribution in [-0.4, -0.2) is 77.9 Å². The summed E-state index contributed by atoms with van der Waals surface area (Å²) in [5.74, 6) is 3.11. The molecule has 19 heteroatoms. The van der Waals surface area contributed by atoms with Gasteiger partial charge in [-0.05, 0) is 63.1 Å². The molecule has 19 nitrogen and oxygen atoms in total. The lowest BCUT2D eigenvalue weighted by Gasteiger charge is -2.09. The van der Waals surface area contributed by atoms with E-state index in [0.29, 0.717) is 49.6 Å². The van der Waals surface area contributed by atoms with Crippen LogP contribution in [0.3, 0.4) is 0 Å². The number of benzene rings is 1. The van der Waals surface area contributed by atoms with Gasteiger partial charge in [0.15, 0.2) is 11.5 Å². The van der Waals surface area contributed by atoms with Gasteiger partial charge in [-0.15, -0.1) is 0 Å². The van der Waals surface area contributed by atoms with Crippen LogP contribution in [0.15, 0.2) is 92.6 Å². The molecule has 1 aromatic carbocycles. The van der Waals surface area contributed by atoms with Crippen molar-refractivity contribution >= 4 is 6.03 Å². The number of fused-ring (bicyclic) bond motifs is 1. The minimum atomic E-state index is -0.249. The van der Waals surface area contributed by atoms with Crippen molar-refractivity contribution in [2.75, 3.05) is 13.3 Å². The van der Waals surface area contributed by atoms with Crippen molar-refractivity contribution in [3.8, 4) is 35.4 Å². The summed E-state index contributed by atoms with van der Waals surface area (Å²) in [6.07, 6.45) is 15.9. The third kappa shape index (κ3) is 10.5. The number of nitrogens with one attached hydrogen (secondary N) is 2. The number of nitrogens with zero attached hydrogens (tertiary/aromatic N) is 13. The number of hydrogen-bond donors (Lipinski definition) is 3. The first-order chi connectivity index (χ1) is 27.3. The van der Waals surface area contributed by atoms with Crippen LogP contribution in [0.4, 0.5) is 4.79 Å². The highest BCUT2D eigenvalue weighted by molar-refractivity contribution is 5.73. The first kappa shape index (κ1) is 38.1. The quantitative estimate of drug-likeness (QED) is 0.192. The lowest BCUT2D eigenvalue weighted by atomic mass is 10.1. The van der Waals surface area contributed by atoms with Crippen LogP contribution >= 0.6 is 0 Å². The van der Waals surface area contributed by atoms with Crippen LogP contribution in [0.1, 0.15) is 39.7 Å². The average molecular weight is 755 g/mol. The van der Waals surface area contributed by atoms with Gasteiger partial charge < -0.3 is 25.8 Å². The molecule has 0 bridgehead atoms. The predicted octanol–water partition coefficient (Wildman–Crippen LogP) is 3.01. The summed E-state index contributed by atoms with van der Waals surface area (Å²) in [6.45, 7) is 7.12. The van der Waals surface area contributed by atoms with Crippen LogP contribution in [0.5, 0.6) is 11.5 Å². The normalized spacial score (nSPS) is 11.1. The Kier molecular flexibility index (Phi) is 12.6. The summed E-state index contributed by atoms with van der Waals surface area (Å²) >= 11 is 0. The molecule has 7 heterocycles. The summed E-state index contributed by atoms with van der Waals surface area (Å²) in [6, 6.07) is 12.9. The molecular formula is C37H38N16O3. The third-order valence-electron chi connectivity index (χ3n) is 7.73. The molecule has 0 radical (unpaired) electrons. The Balaban J connectivity index is 0.000000159. The number of aryl methyl sites for hydroxylation is 3. The zero-order valence-corrected chi connectivity index (χ0v) is 30.8. The number of nitriles is 1. The highest BCUT2D eigenvalue weighted by Crippen LogP contribution is 2.32. The van der Waals surface area contributed by atoms with Gasteiger partial charge in [0.05, 0.1) is 17.9 Å². The van der Waals surface area contributed by atoms with Gasteiger partial charge in [0.1, 0.15) is 30.7 Å². The molecule has 0 unspecified atom stereocenters. The van der Waals surface area contributed by atoms with Gasteiger partial charge in [0.2, 0.25) is 24.6 Å². The van der Waals surface area contributed by atoms with Gasteiger partial charge in [-0.1, -0.05) is 6.07 Å². The van der Waals surface area contributed by atoms with E-state index >= 15 is 0 Å². The van der Waals surface area contributed by atoms with Crippen LogP contribution in [-0.2, 0) is 19.5 Å². The number of aromatic nitrogens is 12. The van der Waals surface area contributed by atoms with E-state index in [9.17, 15) is 4.79 Å². The smallest absolute Gasteiger partial charge is 0.315 e. The zero-order chi connectivity index (χ0) is 39.3. The first-order valence-corrected chi connectivity index (χ1v) is 17.3. The van der Waals surface area contributed by atoms with Crippen molar-refractivity contribution in [3.63, 3.8) is 0 Å². The maximum Gasteiger partial charge on any atom is 0.315 e. The molecule has 0 spiro atoms. The Hall–Kier alpha value is -7.59. The van der Waals surface area contributed by atoms with E-state index in [4.69, 9.17) is 20.5 Å². The number of nitrogens with two attached hydrogens (primary N) is 1. The maximum absolute atomic E-state index is 12.1. The second-order valence-corrected chi connectivity index (χ2v) is 12.1. The molecule has 4 N–H and O–H groups in total. The van der Waals surface area contributed by atoms with Gasteiger partial charge in [0.25, 0.3) is 0 Å². The Labute approximate surface area is 321 Å². The van der Waals surface area contributed by atoms with Gasteiger partial charge in [-0.2, -0.15) is 5.26 Å². The number of hydrogen-bond acceptors (Lipinski definition) is 14. The molecule has 0 aliphatic carbocycles. The lowest BCUT2D eigenvalue weighted by molar-refractivity contribution is 0.174. The molecule has 7 aromatic rings. The number of urea groups is 1. The summed E-state index contributed by atoms with van der Waals surface area (Å²) in [4.78, 5) is 49.5. The van der Waals surface area contributed by atoms with E-state index in [-0.39, 0.29) is 12.8 Å². The number of imidazole rings is 3.